The van der Waals surface area contributed by atoms with Gasteiger partial charge in [-0.05, 0) is 24.8 Å². The van der Waals surface area contributed by atoms with E-state index in [1.807, 2.05) is 33.9 Å². The number of amides is 1. The summed E-state index contributed by atoms with van der Waals surface area (Å²) >= 11 is 0. The zero-order chi connectivity index (χ0) is 14.8. The van der Waals surface area contributed by atoms with Gasteiger partial charge in [-0.25, -0.2) is 0 Å². The van der Waals surface area contributed by atoms with Gasteiger partial charge in [0.25, 0.3) is 5.91 Å². The summed E-state index contributed by atoms with van der Waals surface area (Å²) < 4.78 is 1.76. The standard InChI is InChI=1S/C14H26N4O/c1-9(2)12-7-11(17-18(12)6)13(19)16-14(5,8-15)10(3)4/h7,9-10H,8,15H2,1-6H3,(H,16,19). The van der Waals surface area contributed by atoms with Gasteiger partial charge in [0.1, 0.15) is 5.69 Å². The lowest BCUT2D eigenvalue weighted by atomic mass is 9.88. The Hall–Kier alpha value is -1.36. The molecule has 0 aromatic carbocycles. The molecule has 1 amide bonds. The van der Waals surface area contributed by atoms with E-state index in [2.05, 4.69) is 24.3 Å². The molecule has 19 heavy (non-hydrogen) atoms. The van der Waals surface area contributed by atoms with Crippen molar-refractivity contribution >= 4 is 5.91 Å². The lowest BCUT2D eigenvalue weighted by Gasteiger charge is -2.33. The molecule has 5 nitrogen and oxygen atoms in total. The fourth-order valence-corrected chi connectivity index (χ4v) is 1.89. The van der Waals surface area contributed by atoms with Crippen LogP contribution in [-0.4, -0.2) is 27.8 Å². The summed E-state index contributed by atoms with van der Waals surface area (Å²) in [6.45, 7) is 10.6. The van der Waals surface area contributed by atoms with Gasteiger partial charge in [0, 0.05) is 19.3 Å². The molecular weight excluding hydrogens is 240 g/mol. The minimum atomic E-state index is -0.410. The van der Waals surface area contributed by atoms with Crippen LogP contribution in [0.3, 0.4) is 0 Å². The first kappa shape index (κ1) is 15.7. The van der Waals surface area contributed by atoms with Crippen LogP contribution in [0.15, 0.2) is 6.07 Å². The topological polar surface area (TPSA) is 72.9 Å². The zero-order valence-electron chi connectivity index (χ0n) is 12.8. The van der Waals surface area contributed by atoms with E-state index >= 15 is 0 Å². The molecular formula is C14H26N4O. The number of nitrogens with one attached hydrogen (secondary N) is 1. The number of nitrogens with zero attached hydrogens (tertiary/aromatic N) is 2. The number of nitrogens with two attached hydrogens (primary N) is 1. The Labute approximate surface area is 115 Å². The van der Waals surface area contributed by atoms with Crippen molar-refractivity contribution < 1.29 is 4.79 Å². The second-order valence-corrected chi connectivity index (χ2v) is 5.96. The normalized spacial score (nSPS) is 14.8. The highest BCUT2D eigenvalue weighted by atomic mass is 16.2. The predicted molar refractivity (Wildman–Crippen MR) is 77.1 cm³/mol. The molecule has 1 atom stereocenters. The SMILES string of the molecule is CC(C)c1cc(C(=O)NC(C)(CN)C(C)C)nn1C. The molecule has 1 rings (SSSR count). The van der Waals surface area contributed by atoms with Gasteiger partial charge in [0.2, 0.25) is 0 Å². The first-order chi connectivity index (χ1) is 8.71. The minimum Gasteiger partial charge on any atom is -0.344 e. The van der Waals surface area contributed by atoms with Crippen LogP contribution in [0.5, 0.6) is 0 Å². The number of aryl methyl sites for hydroxylation is 1. The van der Waals surface area contributed by atoms with E-state index < -0.39 is 5.54 Å². The number of carbonyl (C=O) groups is 1. The Kier molecular flexibility index (Phi) is 4.74. The molecule has 0 radical (unpaired) electrons. The molecule has 3 N–H and O–H groups in total. The summed E-state index contributed by atoms with van der Waals surface area (Å²) in [5, 5.41) is 7.27. The Morgan fingerprint density at radius 1 is 1.47 bits per heavy atom. The van der Waals surface area contributed by atoms with Crippen molar-refractivity contribution in [3.63, 3.8) is 0 Å². The van der Waals surface area contributed by atoms with Gasteiger partial charge in [0.15, 0.2) is 0 Å². The Bertz CT molecular complexity index is 450. The minimum absolute atomic E-state index is 0.163. The van der Waals surface area contributed by atoms with Crippen molar-refractivity contribution in [2.24, 2.45) is 18.7 Å². The maximum atomic E-state index is 12.3. The molecule has 5 heteroatoms. The number of hydrogen-bond donors (Lipinski definition) is 2. The van der Waals surface area contributed by atoms with Gasteiger partial charge in [-0.1, -0.05) is 27.7 Å². The van der Waals surface area contributed by atoms with Crippen LogP contribution in [0.25, 0.3) is 0 Å². The van der Waals surface area contributed by atoms with Crippen LogP contribution in [0.1, 0.15) is 56.7 Å². The second-order valence-electron chi connectivity index (χ2n) is 5.96. The predicted octanol–water partition coefficient (Wildman–Crippen LogP) is 1.65. The van der Waals surface area contributed by atoms with Crippen molar-refractivity contribution in [1.29, 1.82) is 0 Å². The van der Waals surface area contributed by atoms with Gasteiger partial charge in [-0.3, -0.25) is 9.48 Å². The average Bonchev–Trinajstić information content (AvgIpc) is 2.71. The Morgan fingerprint density at radius 2 is 2.05 bits per heavy atom. The molecule has 0 aliphatic carbocycles. The molecule has 1 unspecified atom stereocenters. The Balaban J connectivity index is 2.93. The third-order valence-electron chi connectivity index (χ3n) is 3.84. The fraction of sp³-hybridized carbons (Fsp3) is 0.714. The summed E-state index contributed by atoms with van der Waals surface area (Å²) in [5.74, 6) is 0.434. The molecule has 0 aliphatic heterocycles. The average molecular weight is 266 g/mol. The molecule has 0 saturated heterocycles. The van der Waals surface area contributed by atoms with Crippen LogP contribution < -0.4 is 11.1 Å². The largest absolute Gasteiger partial charge is 0.344 e. The van der Waals surface area contributed by atoms with Gasteiger partial charge in [-0.15, -0.1) is 0 Å². The summed E-state index contributed by atoms with van der Waals surface area (Å²) in [6.07, 6.45) is 0. The van der Waals surface area contributed by atoms with Gasteiger partial charge < -0.3 is 11.1 Å². The van der Waals surface area contributed by atoms with Gasteiger partial charge in [0.05, 0.1) is 5.54 Å². The molecule has 1 aromatic rings. The second kappa shape index (κ2) is 5.74. The molecule has 1 heterocycles. The van der Waals surface area contributed by atoms with Crippen LogP contribution >= 0.6 is 0 Å². The lowest BCUT2D eigenvalue weighted by Crippen LogP contribution is -2.55. The molecule has 1 aromatic heterocycles. The van der Waals surface area contributed by atoms with E-state index in [0.717, 1.165) is 5.69 Å². The summed E-state index contributed by atoms with van der Waals surface area (Å²) in [4.78, 5) is 12.3. The zero-order valence-corrected chi connectivity index (χ0v) is 12.8. The number of hydrogen-bond acceptors (Lipinski definition) is 3. The van der Waals surface area contributed by atoms with Crippen LogP contribution in [0.4, 0.5) is 0 Å². The molecule has 0 aliphatic rings. The molecule has 0 spiro atoms. The van der Waals surface area contributed by atoms with Crippen molar-refractivity contribution in [1.82, 2.24) is 15.1 Å². The molecule has 108 valence electrons. The van der Waals surface area contributed by atoms with Crippen molar-refractivity contribution in [2.45, 2.75) is 46.1 Å². The van der Waals surface area contributed by atoms with E-state index in [0.29, 0.717) is 18.2 Å². The lowest BCUT2D eigenvalue weighted by molar-refractivity contribution is 0.0877. The summed E-state index contributed by atoms with van der Waals surface area (Å²) in [5.41, 5.74) is 6.86. The molecule has 0 saturated carbocycles. The van der Waals surface area contributed by atoms with Crippen LogP contribution in [0, 0.1) is 5.92 Å². The van der Waals surface area contributed by atoms with E-state index in [9.17, 15) is 4.79 Å². The van der Waals surface area contributed by atoms with E-state index in [4.69, 9.17) is 5.73 Å². The summed E-state index contributed by atoms with van der Waals surface area (Å²) in [7, 11) is 1.86. The highest BCUT2D eigenvalue weighted by Gasteiger charge is 2.30. The third-order valence-corrected chi connectivity index (χ3v) is 3.84. The smallest absolute Gasteiger partial charge is 0.272 e. The fourth-order valence-electron chi connectivity index (χ4n) is 1.89. The van der Waals surface area contributed by atoms with E-state index in [-0.39, 0.29) is 11.8 Å². The molecule has 0 bridgehead atoms. The first-order valence-electron chi connectivity index (χ1n) is 6.77. The summed E-state index contributed by atoms with van der Waals surface area (Å²) in [6, 6.07) is 1.84. The van der Waals surface area contributed by atoms with Crippen molar-refractivity contribution in [3.8, 4) is 0 Å². The van der Waals surface area contributed by atoms with Gasteiger partial charge >= 0.3 is 0 Å². The molecule has 0 fully saturated rings. The third kappa shape index (κ3) is 3.35. The Morgan fingerprint density at radius 3 is 2.42 bits per heavy atom. The quantitative estimate of drug-likeness (QED) is 0.851. The van der Waals surface area contributed by atoms with Gasteiger partial charge in [-0.2, -0.15) is 5.10 Å². The van der Waals surface area contributed by atoms with Crippen LogP contribution in [0.2, 0.25) is 0 Å². The first-order valence-corrected chi connectivity index (χ1v) is 6.77. The maximum Gasteiger partial charge on any atom is 0.272 e. The maximum absolute atomic E-state index is 12.3. The van der Waals surface area contributed by atoms with Crippen LogP contribution in [-0.2, 0) is 7.05 Å². The number of carbonyl (C=O) groups excluding carboxylic acids is 1. The van der Waals surface area contributed by atoms with Crippen molar-refractivity contribution in [3.05, 3.63) is 17.5 Å². The number of rotatable bonds is 5. The van der Waals surface area contributed by atoms with E-state index in [1.54, 1.807) is 4.68 Å². The van der Waals surface area contributed by atoms with Crippen molar-refractivity contribution in [2.75, 3.05) is 6.54 Å². The highest BCUT2D eigenvalue weighted by molar-refractivity contribution is 5.93. The number of aromatic nitrogens is 2. The highest BCUT2D eigenvalue weighted by Crippen LogP contribution is 2.18. The monoisotopic (exact) mass is 266 g/mol. The van der Waals surface area contributed by atoms with E-state index in [1.165, 1.54) is 0 Å².